The molecule has 1 aromatic carbocycles. The van der Waals surface area contributed by atoms with Crippen LogP contribution < -0.4 is 4.90 Å². The fourth-order valence-electron chi connectivity index (χ4n) is 2.83. The summed E-state index contributed by atoms with van der Waals surface area (Å²) in [6.07, 6.45) is 0.741. The van der Waals surface area contributed by atoms with Crippen LogP contribution in [0.5, 0.6) is 0 Å². The minimum absolute atomic E-state index is 0.0995. The number of benzene rings is 1. The van der Waals surface area contributed by atoms with Gasteiger partial charge in [-0.15, -0.1) is 11.3 Å². The number of esters is 1. The standard InChI is InChI=1S/C20H26N2O3S/c1-7-13(3)19(24)25-10-17-11-26-20(21-17)22(16(6)23)18-14(4)8-12(2)9-15(18)5/h8-9,11,13H,7,10H2,1-6H3/t13-/m0/s1. The van der Waals surface area contributed by atoms with Gasteiger partial charge in [0, 0.05) is 12.3 Å². The Morgan fingerprint density at radius 2 is 1.85 bits per heavy atom. The molecular formula is C20H26N2O3S. The minimum Gasteiger partial charge on any atom is -0.459 e. The quantitative estimate of drug-likeness (QED) is 0.679. The number of carbonyl (C=O) groups excluding carboxylic acids is 2. The predicted molar refractivity (Wildman–Crippen MR) is 105 cm³/mol. The van der Waals surface area contributed by atoms with E-state index in [-0.39, 0.29) is 24.4 Å². The van der Waals surface area contributed by atoms with Crippen LogP contribution in [0.2, 0.25) is 0 Å². The Morgan fingerprint density at radius 3 is 2.38 bits per heavy atom. The molecule has 2 aromatic rings. The highest BCUT2D eigenvalue weighted by Crippen LogP contribution is 2.34. The topological polar surface area (TPSA) is 59.5 Å². The fourth-order valence-corrected chi connectivity index (χ4v) is 3.69. The van der Waals surface area contributed by atoms with E-state index in [1.54, 1.807) is 4.90 Å². The van der Waals surface area contributed by atoms with Crippen molar-refractivity contribution >= 4 is 34.0 Å². The van der Waals surface area contributed by atoms with Gasteiger partial charge >= 0.3 is 5.97 Å². The minimum atomic E-state index is -0.226. The monoisotopic (exact) mass is 374 g/mol. The molecule has 6 heteroatoms. The molecule has 0 radical (unpaired) electrons. The van der Waals surface area contributed by atoms with Crippen molar-refractivity contribution in [1.29, 1.82) is 0 Å². The van der Waals surface area contributed by atoms with Crippen molar-refractivity contribution in [2.75, 3.05) is 4.90 Å². The van der Waals surface area contributed by atoms with Gasteiger partial charge in [0.1, 0.15) is 6.61 Å². The van der Waals surface area contributed by atoms with Gasteiger partial charge in [-0.3, -0.25) is 14.5 Å². The summed E-state index contributed by atoms with van der Waals surface area (Å²) in [4.78, 5) is 30.3. The van der Waals surface area contributed by atoms with Crippen LogP contribution in [-0.2, 0) is 20.9 Å². The van der Waals surface area contributed by atoms with E-state index in [1.807, 2.05) is 40.0 Å². The molecule has 0 saturated heterocycles. The summed E-state index contributed by atoms with van der Waals surface area (Å²) >= 11 is 1.37. The molecule has 0 aliphatic carbocycles. The smallest absolute Gasteiger partial charge is 0.309 e. The first-order valence-corrected chi connectivity index (χ1v) is 9.62. The molecule has 1 amide bonds. The van der Waals surface area contributed by atoms with E-state index in [0.29, 0.717) is 10.8 Å². The number of ether oxygens (including phenoxy) is 1. The molecule has 2 rings (SSSR count). The van der Waals surface area contributed by atoms with Crippen LogP contribution >= 0.6 is 11.3 Å². The zero-order chi connectivity index (χ0) is 19.4. The number of hydrogen-bond acceptors (Lipinski definition) is 5. The normalized spacial score (nSPS) is 11.9. The van der Waals surface area contributed by atoms with Gasteiger partial charge in [-0.1, -0.05) is 31.5 Å². The van der Waals surface area contributed by atoms with Crippen molar-refractivity contribution in [1.82, 2.24) is 4.98 Å². The summed E-state index contributed by atoms with van der Waals surface area (Å²) in [5.41, 5.74) is 4.72. The van der Waals surface area contributed by atoms with Crippen LogP contribution in [0.4, 0.5) is 10.8 Å². The Kier molecular flexibility index (Phi) is 6.53. The molecule has 0 bridgehead atoms. The second kappa shape index (κ2) is 8.45. The van der Waals surface area contributed by atoms with Gasteiger partial charge in [0.25, 0.3) is 0 Å². The van der Waals surface area contributed by atoms with Gasteiger partial charge < -0.3 is 4.74 Å². The summed E-state index contributed by atoms with van der Waals surface area (Å²) in [5.74, 6) is -0.451. The Balaban J connectivity index is 2.27. The second-order valence-electron chi connectivity index (χ2n) is 6.64. The molecule has 26 heavy (non-hydrogen) atoms. The molecule has 5 nitrogen and oxygen atoms in total. The average molecular weight is 375 g/mol. The second-order valence-corrected chi connectivity index (χ2v) is 7.48. The fraction of sp³-hybridized carbons (Fsp3) is 0.450. The Labute approximate surface area is 159 Å². The van der Waals surface area contributed by atoms with Gasteiger partial charge in [-0.2, -0.15) is 0 Å². The lowest BCUT2D eigenvalue weighted by Gasteiger charge is -2.23. The SMILES string of the molecule is CC[C@H](C)C(=O)OCc1csc(N(C(C)=O)c2c(C)cc(C)cc2C)n1. The first kappa shape index (κ1) is 20.1. The molecule has 0 N–H and O–H groups in total. The maximum absolute atomic E-state index is 12.3. The predicted octanol–water partition coefficient (Wildman–Crippen LogP) is 4.84. The molecule has 1 atom stereocenters. The molecular weight excluding hydrogens is 348 g/mol. The van der Waals surface area contributed by atoms with Crippen LogP contribution in [0.15, 0.2) is 17.5 Å². The summed E-state index contributed by atoms with van der Waals surface area (Å²) < 4.78 is 5.30. The van der Waals surface area contributed by atoms with Crippen molar-refractivity contribution in [3.05, 3.63) is 39.9 Å². The lowest BCUT2D eigenvalue weighted by molar-refractivity contribution is -0.149. The summed E-state index contributed by atoms with van der Waals surface area (Å²) in [7, 11) is 0. The highest BCUT2D eigenvalue weighted by atomic mass is 32.1. The van der Waals surface area contributed by atoms with Crippen molar-refractivity contribution < 1.29 is 14.3 Å². The van der Waals surface area contributed by atoms with Gasteiger partial charge in [-0.05, 0) is 38.3 Å². The number of thiazole rings is 1. The number of carbonyl (C=O) groups is 2. The highest BCUT2D eigenvalue weighted by molar-refractivity contribution is 7.14. The largest absolute Gasteiger partial charge is 0.459 e. The Hall–Kier alpha value is -2.21. The number of aryl methyl sites for hydroxylation is 3. The maximum atomic E-state index is 12.3. The lowest BCUT2D eigenvalue weighted by atomic mass is 10.0. The Morgan fingerprint density at radius 1 is 1.23 bits per heavy atom. The van der Waals surface area contributed by atoms with E-state index in [1.165, 1.54) is 18.3 Å². The summed E-state index contributed by atoms with van der Waals surface area (Å²) in [6, 6.07) is 4.11. The summed E-state index contributed by atoms with van der Waals surface area (Å²) in [5, 5.41) is 2.41. The lowest BCUT2D eigenvalue weighted by Crippen LogP contribution is -2.24. The third-order valence-electron chi connectivity index (χ3n) is 4.28. The van der Waals surface area contributed by atoms with Crippen LogP contribution in [0, 0.1) is 26.7 Å². The van der Waals surface area contributed by atoms with Gasteiger partial charge in [0.05, 0.1) is 17.3 Å². The number of hydrogen-bond donors (Lipinski definition) is 0. The van der Waals surface area contributed by atoms with Gasteiger partial charge in [0.2, 0.25) is 5.91 Å². The molecule has 0 saturated carbocycles. The van der Waals surface area contributed by atoms with Crippen molar-refractivity contribution in [2.45, 2.75) is 54.6 Å². The average Bonchev–Trinajstić information content (AvgIpc) is 3.02. The third kappa shape index (κ3) is 4.49. The molecule has 1 aromatic heterocycles. The van der Waals surface area contributed by atoms with E-state index in [4.69, 9.17) is 4.74 Å². The number of aromatic nitrogens is 1. The summed E-state index contributed by atoms with van der Waals surface area (Å²) in [6.45, 7) is 11.5. The van der Waals surface area contributed by atoms with Crippen molar-refractivity contribution in [3.63, 3.8) is 0 Å². The molecule has 0 unspecified atom stereocenters. The molecule has 1 heterocycles. The van der Waals surface area contributed by atoms with E-state index < -0.39 is 0 Å². The molecule has 0 aliphatic heterocycles. The van der Waals surface area contributed by atoms with Gasteiger partial charge in [-0.25, -0.2) is 4.98 Å². The zero-order valence-corrected chi connectivity index (χ0v) is 17.1. The van der Waals surface area contributed by atoms with E-state index >= 15 is 0 Å². The number of amides is 1. The van der Waals surface area contributed by atoms with Crippen LogP contribution in [-0.4, -0.2) is 16.9 Å². The number of anilines is 2. The van der Waals surface area contributed by atoms with Crippen molar-refractivity contribution in [2.24, 2.45) is 5.92 Å². The number of nitrogens with zero attached hydrogens (tertiary/aromatic N) is 2. The first-order valence-electron chi connectivity index (χ1n) is 8.74. The highest BCUT2D eigenvalue weighted by Gasteiger charge is 2.22. The van der Waals surface area contributed by atoms with Crippen LogP contribution in [0.3, 0.4) is 0 Å². The molecule has 0 spiro atoms. The van der Waals surface area contributed by atoms with E-state index in [9.17, 15) is 9.59 Å². The number of rotatable bonds is 6. The third-order valence-corrected chi connectivity index (χ3v) is 5.16. The van der Waals surface area contributed by atoms with Crippen LogP contribution in [0.1, 0.15) is 49.6 Å². The van der Waals surface area contributed by atoms with E-state index in [2.05, 4.69) is 17.1 Å². The Bertz CT molecular complexity index is 790. The maximum Gasteiger partial charge on any atom is 0.309 e. The van der Waals surface area contributed by atoms with E-state index in [0.717, 1.165) is 28.8 Å². The van der Waals surface area contributed by atoms with Crippen LogP contribution in [0.25, 0.3) is 0 Å². The molecule has 140 valence electrons. The van der Waals surface area contributed by atoms with Gasteiger partial charge in [0.15, 0.2) is 5.13 Å². The van der Waals surface area contributed by atoms with Crippen molar-refractivity contribution in [3.8, 4) is 0 Å². The first-order chi connectivity index (χ1) is 12.2. The molecule has 0 fully saturated rings. The zero-order valence-electron chi connectivity index (χ0n) is 16.3. The molecule has 0 aliphatic rings.